The van der Waals surface area contributed by atoms with Gasteiger partial charge in [0.2, 0.25) is 0 Å². The third-order valence-electron chi connectivity index (χ3n) is 2.83. The Kier molecular flexibility index (Phi) is 2.95. The van der Waals surface area contributed by atoms with E-state index < -0.39 is 0 Å². The van der Waals surface area contributed by atoms with Crippen molar-refractivity contribution in [2.24, 2.45) is 0 Å². The zero-order valence-electron chi connectivity index (χ0n) is 8.78. The quantitative estimate of drug-likeness (QED) is 0.780. The van der Waals surface area contributed by atoms with Gasteiger partial charge in [0.05, 0.1) is 16.5 Å². The first kappa shape index (κ1) is 10.7. The lowest BCUT2D eigenvalue weighted by Gasteiger charge is -2.20. The summed E-state index contributed by atoms with van der Waals surface area (Å²) < 4.78 is 0. The molecule has 4 nitrogen and oxygen atoms in total. The summed E-state index contributed by atoms with van der Waals surface area (Å²) in [5.74, 6) is 4.27. The Balaban J connectivity index is 1.96. The van der Waals surface area contributed by atoms with E-state index in [-0.39, 0.29) is 5.56 Å². The number of aromatic amines is 1. The monoisotopic (exact) mass is 255 g/mol. The molecule has 2 N–H and O–H groups in total. The molecule has 6 heteroatoms. The number of H-pyrrole nitrogens is 1. The highest BCUT2D eigenvalue weighted by Gasteiger charge is 2.22. The van der Waals surface area contributed by atoms with Gasteiger partial charge in [-0.05, 0) is 0 Å². The van der Waals surface area contributed by atoms with Crippen LogP contribution in [0.5, 0.6) is 0 Å². The van der Waals surface area contributed by atoms with Crippen molar-refractivity contribution in [1.29, 1.82) is 0 Å². The van der Waals surface area contributed by atoms with E-state index >= 15 is 0 Å². The minimum absolute atomic E-state index is 0.0428. The summed E-state index contributed by atoms with van der Waals surface area (Å²) in [6.45, 7) is 1.39. The van der Waals surface area contributed by atoms with Crippen LogP contribution in [0.15, 0.2) is 4.79 Å². The van der Waals surface area contributed by atoms with Crippen molar-refractivity contribution >= 4 is 23.5 Å². The van der Waals surface area contributed by atoms with Crippen LogP contribution in [0.2, 0.25) is 0 Å². The second kappa shape index (κ2) is 4.43. The van der Waals surface area contributed by atoms with E-state index in [4.69, 9.17) is 0 Å². The van der Waals surface area contributed by atoms with Crippen LogP contribution in [0.25, 0.3) is 0 Å². The molecule has 1 fully saturated rings. The molecule has 1 atom stereocenters. The highest BCUT2D eigenvalue weighted by Crippen LogP contribution is 2.34. The maximum Gasteiger partial charge on any atom is 0.255 e. The minimum atomic E-state index is 0.0428. The van der Waals surface area contributed by atoms with Gasteiger partial charge in [-0.1, -0.05) is 0 Å². The second-order valence-corrected chi connectivity index (χ2v) is 6.37. The first-order valence-electron chi connectivity index (χ1n) is 5.36. The van der Waals surface area contributed by atoms with Crippen molar-refractivity contribution in [2.75, 3.05) is 17.3 Å². The summed E-state index contributed by atoms with van der Waals surface area (Å²) >= 11 is 3.84. The molecule has 2 aliphatic heterocycles. The van der Waals surface area contributed by atoms with Crippen molar-refractivity contribution in [2.45, 2.75) is 18.3 Å². The van der Waals surface area contributed by atoms with Gasteiger partial charge in [-0.25, -0.2) is 4.98 Å². The maximum absolute atomic E-state index is 11.8. The summed E-state index contributed by atoms with van der Waals surface area (Å²) in [6.07, 6.45) is 0. The van der Waals surface area contributed by atoms with Gasteiger partial charge in [0.25, 0.3) is 5.56 Å². The molecule has 0 radical (unpaired) electrons. The summed E-state index contributed by atoms with van der Waals surface area (Å²) in [4.78, 5) is 19.3. The largest absolute Gasteiger partial charge is 0.309 e. The number of aromatic nitrogens is 2. The fraction of sp³-hybridized carbons (Fsp3) is 0.600. The molecule has 0 saturated carbocycles. The zero-order chi connectivity index (χ0) is 11.0. The molecule has 0 amide bonds. The third kappa shape index (κ3) is 1.89. The molecule has 2 aliphatic rings. The van der Waals surface area contributed by atoms with Crippen molar-refractivity contribution in [3.8, 4) is 0 Å². The Morgan fingerprint density at radius 1 is 1.31 bits per heavy atom. The molecule has 1 aromatic heterocycles. The van der Waals surface area contributed by atoms with Gasteiger partial charge in [-0.2, -0.15) is 11.8 Å². The van der Waals surface area contributed by atoms with E-state index in [9.17, 15) is 4.79 Å². The van der Waals surface area contributed by atoms with Crippen molar-refractivity contribution in [3.63, 3.8) is 0 Å². The molecule has 3 rings (SSSR count). The summed E-state index contributed by atoms with van der Waals surface area (Å²) in [5, 5.41) is 3.52. The fourth-order valence-corrected chi connectivity index (χ4v) is 4.62. The molecule has 1 unspecified atom stereocenters. The van der Waals surface area contributed by atoms with E-state index in [1.807, 2.05) is 23.5 Å². The predicted molar refractivity (Wildman–Crippen MR) is 67.9 cm³/mol. The summed E-state index contributed by atoms with van der Waals surface area (Å²) in [7, 11) is 0. The van der Waals surface area contributed by atoms with Crippen LogP contribution in [0.3, 0.4) is 0 Å². The van der Waals surface area contributed by atoms with Gasteiger partial charge in [-0.3, -0.25) is 4.79 Å². The van der Waals surface area contributed by atoms with Gasteiger partial charge in [0.15, 0.2) is 0 Å². The van der Waals surface area contributed by atoms with E-state index in [1.54, 1.807) is 0 Å². The first-order valence-corrected chi connectivity index (χ1v) is 7.57. The molecule has 16 heavy (non-hydrogen) atoms. The normalized spacial score (nSPS) is 24.4. The van der Waals surface area contributed by atoms with E-state index in [0.717, 1.165) is 35.1 Å². The number of hydrogen-bond donors (Lipinski definition) is 2. The Hall–Kier alpha value is -0.460. The average Bonchev–Trinajstić information content (AvgIpc) is 2.79. The number of nitrogens with one attached hydrogen (secondary N) is 2. The highest BCUT2D eigenvalue weighted by molar-refractivity contribution is 8.06. The van der Waals surface area contributed by atoms with Gasteiger partial charge in [0.1, 0.15) is 5.82 Å². The predicted octanol–water partition coefficient (Wildman–Crippen LogP) is 0.894. The van der Waals surface area contributed by atoms with Gasteiger partial charge in [-0.15, -0.1) is 11.8 Å². The summed E-state index contributed by atoms with van der Waals surface area (Å²) in [5.41, 5.74) is 1.80. The van der Waals surface area contributed by atoms with E-state index in [2.05, 4.69) is 15.3 Å². The first-order chi connectivity index (χ1) is 7.84. The Morgan fingerprint density at radius 3 is 3.06 bits per heavy atom. The third-order valence-corrected chi connectivity index (χ3v) is 5.60. The van der Waals surface area contributed by atoms with Crippen LogP contribution in [0, 0.1) is 0 Å². The van der Waals surface area contributed by atoms with Gasteiger partial charge in [0, 0.05) is 30.3 Å². The zero-order valence-corrected chi connectivity index (χ0v) is 10.4. The summed E-state index contributed by atoms with van der Waals surface area (Å²) in [6, 6.07) is 0. The van der Waals surface area contributed by atoms with E-state index in [0.29, 0.717) is 11.8 Å². The topological polar surface area (TPSA) is 57.8 Å². The maximum atomic E-state index is 11.8. The number of hydrogen-bond acceptors (Lipinski definition) is 5. The molecule has 1 saturated heterocycles. The highest BCUT2D eigenvalue weighted by atomic mass is 32.2. The molecular formula is C10H13N3OS2. The lowest BCUT2D eigenvalue weighted by Crippen LogP contribution is -2.20. The van der Waals surface area contributed by atoms with Gasteiger partial charge >= 0.3 is 0 Å². The van der Waals surface area contributed by atoms with Crippen LogP contribution < -0.4 is 10.9 Å². The van der Waals surface area contributed by atoms with Gasteiger partial charge < -0.3 is 10.3 Å². The van der Waals surface area contributed by atoms with Crippen molar-refractivity contribution < 1.29 is 0 Å². The standard InChI is InChI=1S/C10H13N3OS2/c14-10-6-3-11-4-7(6)12-9(13-10)8-5-15-1-2-16-8/h8,11H,1-5H2,(H,12,13,14). The lowest BCUT2D eigenvalue weighted by molar-refractivity contribution is 0.755. The van der Waals surface area contributed by atoms with Crippen LogP contribution >= 0.6 is 23.5 Å². The number of thioether (sulfide) groups is 2. The molecule has 0 bridgehead atoms. The van der Waals surface area contributed by atoms with E-state index in [1.165, 1.54) is 5.75 Å². The van der Waals surface area contributed by atoms with Crippen LogP contribution in [-0.2, 0) is 13.1 Å². The molecule has 0 aliphatic carbocycles. The second-order valence-electron chi connectivity index (χ2n) is 3.91. The Labute approximate surface area is 102 Å². The minimum Gasteiger partial charge on any atom is -0.309 e. The smallest absolute Gasteiger partial charge is 0.255 e. The molecule has 1 aromatic rings. The van der Waals surface area contributed by atoms with Crippen molar-refractivity contribution in [1.82, 2.24) is 15.3 Å². The van der Waals surface area contributed by atoms with Crippen molar-refractivity contribution in [3.05, 3.63) is 27.4 Å². The fourth-order valence-electron chi connectivity index (χ4n) is 2.00. The number of nitrogens with zero attached hydrogens (tertiary/aromatic N) is 1. The molecule has 3 heterocycles. The Bertz CT molecular complexity index is 454. The van der Waals surface area contributed by atoms with Crippen LogP contribution in [0.1, 0.15) is 22.3 Å². The average molecular weight is 255 g/mol. The molecular weight excluding hydrogens is 242 g/mol. The van der Waals surface area contributed by atoms with Crippen LogP contribution in [0.4, 0.5) is 0 Å². The molecule has 0 aromatic carbocycles. The molecule has 0 spiro atoms. The Morgan fingerprint density at radius 2 is 2.25 bits per heavy atom. The number of fused-ring (bicyclic) bond motifs is 1. The number of rotatable bonds is 1. The SMILES string of the molecule is O=c1[nH]c(C2CSCCS2)nc2c1CNC2. The lowest BCUT2D eigenvalue weighted by atomic mass is 10.2. The van der Waals surface area contributed by atoms with Crippen LogP contribution in [-0.4, -0.2) is 27.2 Å². The molecule has 86 valence electrons.